The number of anilines is 2. The first-order chi connectivity index (χ1) is 11.0. The van der Waals surface area contributed by atoms with Crippen molar-refractivity contribution < 1.29 is 4.92 Å². The van der Waals surface area contributed by atoms with E-state index in [0.717, 1.165) is 26.2 Å². The van der Waals surface area contributed by atoms with Gasteiger partial charge in [-0.3, -0.25) is 0 Å². The first-order valence-electron chi connectivity index (χ1n) is 7.59. The summed E-state index contributed by atoms with van der Waals surface area (Å²) in [5.41, 5.74) is 3.85. The van der Waals surface area contributed by atoms with Gasteiger partial charge in [0, 0.05) is 44.0 Å². The molecule has 0 aliphatic carbocycles. The van der Waals surface area contributed by atoms with Crippen LogP contribution >= 0.6 is 0 Å². The summed E-state index contributed by atoms with van der Waals surface area (Å²) in [5, 5.41) is 14.6. The lowest BCUT2D eigenvalue weighted by atomic mass is 10.1. The predicted molar refractivity (Wildman–Crippen MR) is 88.0 cm³/mol. The third kappa shape index (κ3) is 2.84. The Bertz CT molecular complexity index is 734. The zero-order valence-electron chi connectivity index (χ0n) is 13.6. The third-order valence-corrected chi connectivity index (χ3v) is 4.37. The number of hydrogen-bond donors (Lipinski definition) is 0. The number of aromatic nitrogens is 3. The van der Waals surface area contributed by atoms with E-state index in [4.69, 9.17) is 0 Å². The molecule has 0 saturated carbocycles. The van der Waals surface area contributed by atoms with Crippen LogP contribution in [0.5, 0.6) is 0 Å². The molecular formula is C15H20N6O2. The monoisotopic (exact) mass is 316 g/mol. The zero-order valence-corrected chi connectivity index (χ0v) is 13.6. The molecule has 1 aliphatic heterocycles. The van der Waals surface area contributed by atoms with Gasteiger partial charge in [0.1, 0.15) is 0 Å². The quantitative estimate of drug-likeness (QED) is 0.633. The van der Waals surface area contributed by atoms with Crippen molar-refractivity contribution in [2.45, 2.75) is 13.8 Å². The normalized spacial score (nSPS) is 15.1. The van der Waals surface area contributed by atoms with E-state index in [1.807, 2.05) is 4.90 Å². The molecule has 3 rings (SSSR count). The first-order valence-corrected chi connectivity index (χ1v) is 7.59. The Morgan fingerprint density at radius 1 is 1.13 bits per heavy atom. The van der Waals surface area contributed by atoms with Gasteiger partial charge in [0.15, 0.2) is 0 Å². The van der Waals surface area contributed by atoms with Crippen molar-refractivity contribution in [1.82, 2.24) is 14.8 Å². The van der Waals surface area contributed by atoms with E-state index in [0.29, 0.717) is 5.95 Å². The van der Waals surface area contributed by atoms with E-state index in [1.165, 1.54) is 21.5 Å². The van der Waals surface area contributed by atoms with Gasteiger partial charge in [-0.1, -0.05) is 12.1 Å². The molecule has 0 radical (unpaired) electrons. The molecule has 2 heterocycles. The lowest BCUT2D eigenvalue weighted by Crippen LogP contribution is -2.47. The molecule has 23 heavy (non-hydrogen) atoms. The number of piperazine rings is 1. The fourth-order valence-corrected chi connectivity index (χ4v) is 2.94. The first kappa shape index (κ1) is 15.3. The van der Waals surface area contributed by atoms with Crippen LogP contribution < -0.4 is 9.80 Å². The summed E-state index contributed by atoms with van der Waals surface area (Å²) in [7, 11) is 1.69. The van der Waals surface area contributed by atoms with Crippen molar-refractivity contribution in [3.63, 3.8) is 0 Å². The number of nitro groups is 1. The maximum atomic E-state index is 10.8. The Balaban J connectivity index is 1.73. The molecule has 0 spiro atoms. The lowest BCUT2D eigenvalue weighted by molar-refractivity contribution is -0.394. The van der Waals surface area contributed by atoms with Crippen molar-refractivity contribution in [3.05, 3.63) is 39.4 Å². The molecule has 122 valence electrons. The highest BCUT2D eigenvalue weighted by atomic mass is 16.6. The molecule has 0 amide bonds. The lowest BCUT2D eigenvalue weighted by Gasteiger charge is -2.36. The summed E-state index contributed by atoms with van der Waals surface area (Å²) in [6, 6.07) is 6.34. The highest BCUT2D eigenvalue weighted by molar-refractivity contribution is 5.57. The van der Waals surface area contributed by atoms with Gasteiger partial charge in [-0.25, -0.2) is 0 Å². The minimum atomic E-state index is -0.560. The van der Waals surface area contributed by atoms with Crippen LogP contribution in [0.25, 0.3) is 0 Å². The number of aryl methyl sites for hydroxylation is 2. The van der Waals surface area contributed by atoms with Crippen LogP contribution in [0.15, 0.2) is 18.2 Å². The number of rotatable bonds is 3. The van der Waals surface area contributed by atoms with Crippen molar-refractivity contribution in [1.29, 1.82) is 0 Å². The number of nitrogens with zero attached hydrogens (tertiary/aromatic N) is 6. The van der Waals surface area contributed by atoms with Gasteiger partial charge in [0.2, 0.25) is 0 Å². The fourth-order valence-electron chi connectivity index (χ4n) is 2.94. The van der Waals surface area contributed by atoms with Gasteiger partial charge in [0.05, 0.1) is 0 Å². The maximum absolute atomic E-state index is 10.8. The SMILES string of the molecule is Cc1cccc(N2CCN(c3nc([N+](=O)[O-])nn3C)CC2)c1C. The smallest absolute Gasteiger partial charge is 0.390 e. The summed E-state index contributed by atoms with van der Waals surface area (Å²) in [6.45, 7) is 7.49. The van der Waals surface area contributed by atoms with Crippen molar-refractivity contribution >= 4 is 17.6 Å². The fraction of sp³-hybridized carbons (Fsp3) is 0.467. The topological polar surface area (TPSA) is 80.3 Å². The maximum Gasteiger partial charge on any atom is 0.493 e. The summed E-state index contributed by atoms with van der Waals surface area (Å²) >= 11 is 0. The van der Waals surface area contributed by atoms with E-state index in [9.17, 15) is 10.1 Å². The van der Waals surface area contributed by atoms with Gasteiger partial charge in [-0.05, 0) is 40.9 Å². The van der Waals surface area contributed by atoms with E-state index in [1.54, 1.807) is 7.05 Å². The van der Waals surface area contributed by atoms with Crippen LogP contribution in [0.2, 0.25) is 0 Å². The Hall–Kier alpha value is -2.64. The molecule has 1 fully saturated rings. The van der Waals surface area contributed by atoms with Crippen LogP contribution in [-0.2, 0) is 7.05 Å². The molecule has 0 bridgehead atoms. The highest BCUT2D eigenvalue weighted by Crippen LogP contribution is 2.25. The van der Waals surface area contributed by atoms with Crippen LogP contribution in [0.3, 0.4) is 0 Å². The van der Waals surface area contributed by atoms with E-state index in [-0.39, 0.29) is 5.95 Å². The Morgan fingerprint density at radius 3 is 2.39 bits per heavy atom. The second-order valence-corrected chi connectivity index (χ2v) is 5.79. The molecule has 0 atom stereocenters. The molecule has 1 saturated heterocycles. The average Bonchev–Trinajstić information content (AvgIpc) is 2.92. The zero-order chi connectivity index (χ0) is 16.6. The van der Waals surface area contributed by atoms with Gasteiger partial charge in [0.25, 0.3) is 0 Å². The second kappa shape index (κ2) is 5.86. The molecule has 2 aromatic rings. The molecule has 0 unspecified atom stereocenters. The molecule has 1 aromatic carbocycles. The number of hydrogen-bond acceptors (Lipinski definition) is 6. The molecular weight excluding hydrogens is 296 g/mol. The second-order valence-electron chi connectivity index (χ2n) is 5.79. The van der Waals surface area contributed by atoms with Crippen LogP contribution in [0.1, 0.15) is 11.1 Å². The van der Waals surface area contributed by atoms with Crippen molar-refractivity contribution in [2.24, 2.45) is 7.05 Å². The standard InChI is InChI=1S/C15H20N6O2/c1-11-5-4-6-13(12(11)2)19-7-9-20(10-8-19)15-16-14(21(22)23)17-18(15)3/h4-6H,7-10H2,1-3H3. The van der Waals surface area contributed by atoms with E-state index >= 15 is 0 Å². The van der Waals surface area contributed by atoms with E-state index in [2.05, 4.69) is 47.0 Å². The highest BCUT2D eigenvalue weighted by Gasteiger charge is 2.27. The Morgan fingerprint density at radius 2 is 1.78 bits per heavy atom. The largest absolute Gasteiger partial charge is 0.493 e. The summed E-state index contributed by atoms with van der Waals surface area (Å²) in [6.07, 6.45) is 0. The molecule has 8 heteroatoms. The summed E-state index contributed by atoms with van der Waals surface area (Å²) in [4.78, 5) is 18.7. The summed E-state index contributed by atoms with van der Waals surface area (Å²) in [5.74, 6) is 0.205. The third-order valence-electron chi connectivity index (χ3n) is 4.37. The average molecular weight is 316 g/mol. The van der Waals surface area contributed by atoms with Gasteiger partial charge < -0.3 is 19.9 Å². The summed E-state index contributed by atoms with van der Waals surface area (Å²) < 4.78 is 1.48. The molecule has 8 nitrogen and oxygen atoms in total. The van der Waals surface area contributed by atoms with Crippen LogP contribution in [0.4, 0.5) is 17.6 Å². The predicted octanol–water partition coefficient (Wildman–Crippen LogP) is 1.67. The Kier molecular flexibility index (Phi) is 3.89. The van der Waals surface area contributed by atoms with Crippen LogP contribution in [-0.4, -0.2) is 45.9 Å². The minimum Gasteiger partial charge on any atom is -0.390 e. The minimum absolute atomic E-state index is 0.348. The van der Waals surface area contributed by atoms with Crippen molar-refractivity contribution in [2.75, 3.05) is 36.0 Å². The van der Waals surface area contributed by atoms with Gasteiger partial charge in [-0.15, -0.1) is 0 Å². The molecule has 1 aliphatic rings. The van der Waals surface area contributed by atoms with Crippen LogP contribution in [0, 0.1) is 24.0 Å². The Labute approximate surface area is 134 Å². The van der Waals surface area contributed by atoms with Gasteiger partial charge >= 0.3 is 11.9 Å². The van der Waals surface area contributed by atoms with E-state index < -0.39 is 4.92 Å². The molecule has 0 N–H and O–H groups in total. The molecule has 1 aromatic heterocycles. The number of benzene rings is 1. The van der Waals surface area contributed by atoms with Crippen molar-refractivity contribution in [3.8, 4) is 0 Å². The van der Waals surface area contributed by atoms with Gasteiger partial charge in [-0.2, -0.15) is 4.68 Å².